The molecule has 132 valence electrons. The molecule has 25 heavy (non-hydrogen) atoms. The smallest absolute Gasteiger partial charge is 0.269 e. The maximum atomic E-state index is 12.4. The summed E-state index contributed by atoms with van der Waals surface area (Å²) in [5.41, 5.74) is 3.77. The molecule has 0 radical (unpaired) electrons. The first-order chi connectivity index (χ1) is 12.0. The van der Waals surface area contributed by atoms with Gasteiger partial charge in [0, 0.05) is 30.3 Å². The van der Waals surface area contributed by atoms with Crippen molar-refractivity contribution < 1.29 is 9.53 Å². The third kappa shape index (κ3) is 4.27. The Morgan fingerprint density at radius 1 is 1.32 bits per heavy atom. The number of rotatable bonds is 7. The predicted octanol–water partition coefficient (Wildman–Crippen LogP) is 3.92. The number of thiazole rings is 1. The summed E-state index contributed by atoms with van der Waals surface area (Å²) in [4.78, 5) is 17.9. The van der Waals surface area contributed by atoms with Crippen molar-refractivity contribution in [1.29, 1.82) is 0 Å². The topological polar surface area (TPSA) is 55.6 Å². The molecule has 0 spiro atoms. The van der Waals surface area contributed by atoms with Gasteiger partial charge in [0.05, 0.1) is 11.8 Å². The van der Waals surface area contributed by atoms with Crippen LogP contribution >= 0.6 is 11.3 Å². The van der Waals surface area contributed by atoms with E-state index in [1.54, 1.807) is 0 Å². The molecule has 0 unspecified atom stereocenters. The average molecular weight is 357 g/mol. The molecule has 0 aliphatic heterocycles. The largest absolute Gasteiger partial charge is 0.379 e. The summed E-state index contributed by atoms with van der Waals surface area (Å²) in [7, 11) is 0. The second kappa shape index (κ2) is 7.80. The van der Waals surface area contributed by atoms with E-state index in [0.717, 1.165) is 22.6 Å². The molecule has 3 aromatic rings. The molecule has 0 bridgehead atoms. The number of ether oxygens (including phenoxy) is 1. The Morgan fingerprint density at radius 2 is 2.08 bits per heavy atom. The second-order valence-corrected chi connectivity index (χ2v) is 7.13. The minimum atomic E-state index is -0.0800. The van der Waals surface area contributed by atoms with Gasteiger partial charge in [0.2, 0.25) is 0 Å². The molecule has 1 N–H and O–H groups in total. The first-order valence-electron chi connectivity index (χ1n) is 8.48. The van der Waals surface area contributed by atoms with Crippen LogP contribution in [-0.2, 0) is 4.74 Å². The monoisotopic (exact) mass is 357 g/mol. The van der Waals surface area contributed by atoms with Crippen molar-refractivity contribution in [2.45, 2.75) is 33.3 Å². The summed E-state index contributed by atoms with van der Waals surface area (Å²) in [6.45, 7) is 7.32. The highest BCUT2D eigenvalue weighted by Gasteiger charge is 2.14. The molecule has 0 atom stereocenters. The molecule has 2 heterocycles. The van der Waals surface area contributed by atoms with E-state index in [-0.39, 0.29) is 12.0 Å². The fourth-order valence-electron chi connectivity index (χ4n) is 2.49. The first kappa shape index (κ1) is 17.6. The van der Waals surface area contributed by atoms with Crippen LogP contribution in [0.5, 0.6) is 0 Å². The lowest BCUT2D eigenvalue weighted by Gasteiger charge is -2.08. The van der Waals surface area contributed by atoms with E-state index in [9.17, 15) is 4.79 Å². The summed E-state index contributed by atoms with van der Waals surface area (Å²) >= 11 is 1.47. The van der Waals surface area contributed by atoms with Crippen molar-refractivity contribution in [2.24, 2.45) is 0 Å². The zero-order valence-electron chi connectivity index (χ0n) is 14.8. The van der Waals surface area contributed by atoms with Crippen LogP contribution < -0.4 is 5.32 Å². The Labute approximate surface area is 151 Å². The molecular formula is C19H23N3O2S. The van der Waals surface area contributed by atoms with Gasteiger partial charge in [0.1, 0.15) is 5.69 Å². The maximum Gasteiger partial charge on any atom is 0.269 e. The molecule has 5 nitrogen and oxygen atoms in total. The molecule has 0 aliphatic rings. The predicted molar refractivity (Wildman–Crippen MR) is 101 cm³/mol. The van der Waals surface area contributed by atoms with Crippen LogP contribution in [0.1, 0.15) is 36.3 Å². The number of benzene rings is 1. The van der Waals surface area contributed by atoms with Gasteiger partial charge in [0.25, 0.3) is 5.91 Å². The van der Waals surface area contributed by atoms with Crippen LogP contribution in [0.25, 0.3) is 16.2 Å². The van der Waals surface area contributed by atoms with Crippen LogP contribution in [-0.4, -0.2) is 34.5 Å². The minimum absolute atomic E-state index is 0.0800. The number of aryl methyl sites for hydroxylation is 1. The van der Waals surface area contributed by atoms with Gasteiger partial charge in [-0.1, -0.05) is 29.8 Å². The van der Waals surface area contributed by atoms with Crippen LogP contribution in [0.3, 0.4) is 0 Å². The van der Waals surface area contributed by atoms with E-state index in [4.69, 9.17) is 4.74 Å². The van der Waals surface area contributed by atoms with Crippen molar-refractivity contribution in [3.63, 3.8) is 0 Å². The van der Waals surface area contributed by atoms with Crippen LogP contribution in [0, 0.1) is 6.92 Å². The maximum absolute atomic E-state index is 12.4. The fourth-order valence-corrected chi connectivity index (χ4v) is 3.35. The summed E-state index contributed by atoms with van der Waals surface area (Å²) in [5, 5.41) is 4.79. The van der Waals surface area contributed by atoms with Gasteiger partial charge < -0.3 is 10.1 Å². The Kier molecular flexibility index (Phi) is 5.50. The SMILES string of the molecule is Cc1ccc(-c2cn3c(C(=O)NCCCOC(C)C)csc3n2)cc1. The number of imidazole rings is 1. The Hall–Kier alpha value is -2.18. The lowest BCUT2D eigenvalue weighted by molar-refractivity contribution is 0.0756. The number of amides is 1. The lowest BCUT2D eigenvalue weighted by atomic mass is 10.1. The van der Waals surface area contributed by atoms with Crippen LogP contribution in [0.2, 0.25) is 0 Å². The summed E-state index contributed by atoms with van der Waals surface area (Å²) in [6, 6.07) is 8.23. The first-order valence-corrected chi connectivity index (χ1v) is 9.36. The lowest BCUT2D eigenvalue weighted by Crippen LogP contribution is -2.26. The Bertz CT molecular complexity index is 849. The van der Waals surface area contributed by atoms with Crippen molar-refractivity contribution in [3.8, 4) is 11.3 Å². The molecule has 1 aromatic carbocycles. The van der Waals surface area contributed by atoms with Gasteiger partial charge in [-0.2, -0.15) is 0 Å². The van der Waals surface area contributed by atoms with Gasteiger partial charge >= 0.3 is 0 Å². The molecule has 3 rings (SSSR count). The van der Waals surface area contributed by atoms with Crippen molar-refractivity contribution in [2.75, 3.05) is 13.2 Å². The molecule has 0 fully saturated rings. The van der Waals surface area contributed by atoms with E-state index in [2.05, 4.69) is 41.5 Å². The Morgan fingerprint density at radius 3 is 2.80 bits per heavy atom. The zero-order valence-corrected chi connectivity index (χ0v) is 15.6. The number of hydrogen-bond acceptors (Lipinski definition) is 4. The van der Waals surface area contributed by atoms with Crippen molar-refractivity contribution in [3.05, 3.63) is 47.1 Å². The highest BCUT2D eigenvalue weighted by atomic mass is 32.1. The van der Waals surface area contributed by atoms with Crippen LogP contribution in [0.15, 0.2) is 35.8 Å². The van der Waals surface area contributed by atoms with Gasteiger partial charge in [-0.25, -0.2) is 4.98 Å². The second-order valence-electron chi connectivity index (χ2n) is 6.29. The normalized spacial score (nSPS) is 11.4. The number of carbonyl (C=O) groups is 1. The van der Waals surface area contributed by atoms with Crippen molar-refractivity contribution in [1.82, 2.24) is 14.7 Å². The summed E-state index contributed by atoms with van der Waals surface area (Å²) < 4.78 is 7.34. The number of fused-ring (bicyclic) bond motifs is 1. The zero-order chi connectivity index (χ0) is 17.8. The van der Waals surface area contributed by atoms with Gasteiger partial charge in [-0.05, 0) is 27.2 Å². The number of aromatic nitrogens is 2. The molecule has 2 aromatic heterocycles. The minimum Gasteiger partial charge on any atom is -0.379 e. The Balaban J connectivity index is 1.68. The number of carbonyl (C=O) groups excluding carboxylic acids is 1. The van der Waals surface area contributed by atoms with E-state index in [1.165, 1.54) is 16.9 Å². The average Bonchev–Trinajstić information content (AvgIpc) is 3.15. The molecule has 0 saturated carbocycles. The number of nitrogens with one attached hydrogen (secondary N) is 1. The number of nitrogens with zero attached hydrogens (tertiary/aromatic N) is 2. The van der Waals surface area contributed by atoms with E-state index in [1.807, 2.05) is 29.8 Å². The summed E-state index contributed by atoms with van der Waals surface area (Å²) in [6.07, 6.45) is 2.95. The third-order valence-corrected chi connectivity index (χ3v) is 4.69. The highest BCUT2D eigenvalue weighted by Crippen LogP contribution is 2.24. The summed E-state index contributed by atoms with van der Waals surface area (Å²) in [5.74, 6) is -0.0800. The van der Waals surface area contributed by atoms with E-state index >= 15 is 0 Å². The standard InChI is InChI=1S/C19H23N3O2S/c1-13(2)24-10-4-9-20-18(23)17-12-25-19-21-16(11-22(17)19)15-7-5-14(3)6-8-15/h5-8,11-13H,4,9-10H2,1-3H3,(H,20,23). The fraction of sp³-hybridized carbons (Fsp3) is 0.368. The van der Waals surface area contributed by atoms with Gasteiger partial charge in [0.15, 0.2) is 4.96 Å². The molecule has 6 heteroatoms. The molecular weight excluding hydrogens is 334 g/mol. The number of hydrogen-bond donors (Lipinski definition) is 1. The van der Waals surface area contributed by atoms with Gasteiger partial charge in [-0.15, -0.1) is 11.3 Å². The molecule has 0 saturated heterocycles. The van der Waals surface area contributed by atoms with E-state index < -0.39 is 0 Å². The molecule has 0 aliphatic carbocycles. The quantitative estimate of drug-likeness (QED) is 0.652. The van der Waals surface area contributed by atoms with E-state index in [0.29, 0.717) is 18.8 Å². The highest BCUT2D eigenvalue weighted by molar-refractivity contribution is 7.15. The molecule has 1 amide bonds. The van der Waals surface area contributed by atoms with Gasteiger partial charge in [-0.3, -0.25) is 9.20 Å². The van der Waals surface area contributed by atoms with Crippen LogP contribution in [0.4, 0.5) is 0 Å². The van der Waals surface area contributed by atoms with Crippen molar-refractivity contribution >= 4 is 22.2 Å². The third-order valence-electron chi connectivity index (χ3n) is 3.85.